The van der Waals surface area contributed by atoms with Crippen LogP contribution in [0.5, 0.6) is 11.5 Å². The third kappa shape index (κ3) is 25.5. The quantitative estimate of drug-likeness (QED) is 0.0279. The molecule has 0 saturated carbocycles. The van der Waals surface area contributed by atoms with E-state index in [1.165, 1.54) is 41.3 Å². The molecule has 120 heavy (non-hydrogen) atoms. The van der Waals surface area contributed by atoms with Crippen molar-refractivity contribution in [2.24, 2.45) is 0 Å². The molecule has 16 rings (SSSR count). The summed E-state index contributed by atoms with van der Waals surface area (Å²) in [6, 6.07) is 55.4. The van der Waals surface area contributed by atoms with Crippen LogP contribution in [0.3, 0.4) is 0 Å². The number of phenols is 2. The maximum Gasteiger partial charge on any atom is 0.134 e. The van der Waals surface area contributed by atoms with Crippen molar-refractivity contribution in [2.45, 2.75) is 136 Å². The number of benzene rings is 8. The molecule has 24 heteroatoms. The second kappa shape index (κ2) is 43.2. The molecule has 0 spiro atoms. The summed E-state index contributed by atoms with van der Waals surface area (Å²) in [5, 5.41) is 30.5. The van der Waals surface area contributed by atoms with Crippen LogP contribution < -0.4 is 16.0 Å². The summed E-state index contributed by atoms with van der Waals surface area (Å²) in [5.74, 6) is 1.51. The summed E-state index contributed by atoms with van der Waals surface area (Å²) in [7, 11) is 0. The maximum atomic E-state index is 14.5. The molecule has 6 N–H and O–H groups in total. The Morgan fingerprint density at radius 3 is 1.18 bits per heavy atom. The van der Waals surface area contributed by atoms with Gasteiger partial charge in [0.2, 0.25) is 0 Å². The average Bonchev–Trinajstić information content (AvgIpc) is 1.55. The Labute approximate surface area is 702 Å². The molecule has 3 saturated heterocycles. The first-order valence-corrected chi connectivity index (χ1v) is 41.7. The van der Waals surface area contributed by atoms with E-state index >= 15 is 0 Å². The molecule has 3 fully saturated rings. The number of nitrogens with zero attached hydrogens (tertiary/aromatic N) is 11. The number of aryl methyl sites for hydroxylation is 8. The zero-order valence-corrected chi connectivity index (χ0v) is 68.7. The second-order valence-corrected chi connectivity index (χ2v) is 31.4. The number of nitrogens with one attached hydrogen (secondary N) is 4. The van der Waals surface area contributed by atoms with E-state index in [-0.39, 0.29) is 34.8 Å². The van der Waals surface area contributed by atoms with E-state index in [0.717, 1.165) is 195 Å². The lowest BCUT2D eigenvalue weighted by atomic mass is 10.0. The Morgan fingerprint density at radius 2 is 0.758 bits per heavy atom. The van der Waals surface area contributed by atoms with Crippen molar-refractivity contribution < 1.29 is 36.6 Å². The van der Waals surface area contributed by atoms with Crippen molar-refractivity contribution in [3.05, 3.63) is 321 Å². The molecule has 5 aromatic heterocycles. The number of aromatic amines is 1. The summed E-state index contributed by atoms with van der Waals surface area (Å²) in [4.78, 5) is 46.4. The van der Waals surface area contributed by atoms with Gasteiger partial charge in [-0.05, 0) is 240 Å². The van der Waals surface area contributed by atoms with Crippen LogP contribution in [-0.4, -0.2) is 147 Å². The number of hydrogen-bond acceptors (Lipinski definition) is 16. The lowest BCUT2D eigenvalue weighted by Crippen LogP contribution is -2.49. The number of phenolic OH excluding ortho intramolecular Hbond substituents is 2. The molecule has 3 atom stereocenters. The minimum atomic E-state index is -0.569. The number of halogens is 7. The van der Waals surface area contributed by atoms with Crippen molar-refractivity contribution in [3.63, 3.8) is 0 Å². The number of fused-ring (bicyclic) bond motifs is 1. The summed E-state index contributed by atoms with van der Waals surface area (Å²) in [6.07, 6.45) is 18.2. The highest BCUT2D eigenvalue weighted by Gasteiger charge is 2.24. The lowest BCUT2D eigenvalue weighted by molar-refractivity contribution is 0.164. The predicted molar refractivity (Wildman–Crippen MR) is 462 cm³/mol. The predicted octanol–water partition coefficient (Wildman–Crippen LogP) is 18.0. The Balaban J connectivity index is 0.000000139. The highest BCUT2D eigenvalue weighted by Crippen LogP contribution is 2.30. The molecule has 3 aliphatic rings. The first-order valence-electron chi connectivity index (χ1n) is 41.3. The standard InChI is InChI=1S/C25H27F3N4.C25H28F2N4.C25H29FN4O.C21H18ClN3O/c1-17-15-29-9-10-32(17)16-20-13-19(5-6-23(20)28)24-7-8-30-25(31-24)4-2-3-18-11-21(26)14-22(27)12-18;1-18-16-28-12-13-31(18)17-21-15-20(8-9-23(21)27)24-10-11-29-25(30-24)7-3-5-19-4-2-6-22(26)14-19;1-18-16-27-13-14-30(18)17-21-15-20(7-10-23(21)26)24-11-12-28-25(29-24)4-2-3-19-5-8-22(31)9-6-19;22-17-12-14(4-7-20(17)26)2-1-3-21-24-11-9-19(25-21)15-5-6-18-16(13-15)8-10-23-18/h5-8,11-14,17,29H,2-4,9-10,15-16H2,1H3;2,4,6,8-11,14-15,18,28H,3,5,7,12-13,16-17H2,1H3;5-12,15,18,27,31H,2-4,13-14,16-17H2,1H3;4-13,23,26H,1-3H2/t17-;2*18-;/m000./s1. The molecule has 13 aromatic rings. The SMILES string of the molecule is C[C@H]1CNCCN1Cc1cc(-c2ccnc(CCCc3cc(F)cc(F)c3)n2)ccc1F.C[C@H]1CNCCN1Cc1cc(-c2ccnc(CCCc3ccc(O)cc3)n2)ccc1F.C[C@H]1CNCCN1Cc1cc(-c2ccnc(CCCc3cccc(F)c3)n2)ccc1F.Oc1ccc(CCCc2nccc(-c3ccc4[nH]ccc4c3)n2)cc1Cl. The van der Waals surface area contributed by atoms with Gasteiger partial charge in [0.25, 0.3) is 0 Å². The van der Waals surface area contributed by atoms with Gasteiger partial charge in [-0.3, -0.25) is 14.7 Å². The van der Waals surface area contributed by atoms with E-state index in [9.17, 15) is 36.6 Å². The third-order valence-corrected chi connectivity index (χ3v) is 22.3. The average molecular weight is 1650 g/mol. The molecular formula is C96H102ClF6N15O2. The number of rotatable bonds is 26. The van der Waals surface area contributed by atoms with Gasteiger partial charge in [-0.2, -0.15) is 0 Å². The topological polar surface area (TPSA) is 205 Å². The Morgan fingerprint density at radius 1 is 0.375 bits per heavy atom. The van der Waals surface area contributed by atoms with Crippen LogP contribution in [0.25, 0.3) is 55.9 Å². The fourth-order valence-electron chi connectivity index (χ4n) is 15.1. The third-order valence-electron chi connectivity index (χ3n) is 22.0. The van der Waals surface area contributed by atoms with E-state index < -0.39 is 11.6 Å². The van der Waals surface area contributed by atoms with Crippen molar-refractivity contribution in [1.82, 2.24) is 75.5 Å². The number of hydrogen-bond donors (Lipinski definition) is 6. The number of H-pyrrole nitrogens is 1. The summed E-state index contributed by atoms with van der Waals surface area (Å²) < 4.78 is 83.5. The van der Waals surface area contributed by atoms with Gasteiger partial charge in [-0.15, -0.1) is 0 Å². The van der Waals surface area contributed by atoms with E-state index in [4.69, 9.17) is 26.6 Å². The van der Waals surface area contributed by atoms with Crippen LogP contribution in [0, 0.1) is 34.9 Å². The Hall–Kier alpha value is -11.2. The molecule has 0 aliphatic carbocycles. The highest BCUT2D eigenvalue weighted by atomic mass is 35.5. The molecule has 0 unspecified atom stereocenters. The fourth-order valence-corrected chi connectivity index (χ4v) is 15.3. The summed E-state index contributed by atoms with van der Waals surface area (Å²) in [6.45, 7) is 16.5. The van der Waals surface area contributed by atoms with Crippen LogP contribution in [0.2, 0.25) is 5.02 Å². The highest BCUT2D eigenvalue weighted by molar-refractivity contribution is 6.32. The first kappa shape index (κ1) is 86.7. The maximum absolute atomic E-state index is 14.5. The molecule has 622 valence electrons. The van der Waals surface area contributed by atoms with Gasteiger partial charge in [0, 0.05) is 209 Å². The van der Waals surface area contributed by atoms with E-state index in [1.54, 1.807) is 79.3 Å². The van der Waals surface area contributed by atoms with E-state index in [0.29, 0.717) is 96.5 Å². The zero-order valence-electron chi connectivity index (χ0n) is 67.9. The zero-order chi connectivity index (χ0) is 83.7. The molecule has 8 heterocycles. The Kier molecular flexibility index (Phi) is 31.2. The number of aromatic nitrogens is 9. The van der Waals surface area contributed by atoms with Crippen molar-refractivity contribution in [3.8, 4) is 56.5 Å². The summed E-state index contributed by atoms with van der Waals surface area (Å²) in [5.41, 5.74) is 14.1. The molecule has 0 bridgehead atoms. The first-order chi connectivity index (χ1) is 58.3. The fraction of sp³-hybridized carbons (Fsp3) is 0.312. The second-order valence-electron chi connectivity index (χ2n) is 31.0. The van der Waals surface area contributed by atoms with Gasteiger partial charge in [0.05, 0.1) is 27.8 Å². The van der Waals surface area contributed by atoms with E-state index in [1.807, 2.05) is 79.1 Å². The molecular weight excluding hydrogens is 1540 g/mol. The van der Waals surface area contributed by atoms with Crippen molar-refractivity contribution >= 4 is 22.5 Å². The smallest absolute Gasteiger partial charge is 0.134 e. The number of aromatic hydroxyl groups is 2. The molecule has 3 aliphatic heterocycles. The molecule has 0 radical (unpaired) electrons. The lowest BCUT2D eigenvalue weighted by Gasteiger charge is -2.34. The van der Waals surface area contributed by atoms with Gasteiger partial charge in [-0.25, -0.2) is 66.2 Å². The summed E-state index contributed by atoms with van der Waals surface area (Å²) >= 11 is 5.95. The van der Waals surface area contributed by atoms with Gasteiger partial charge in [-0.1, -0.05) is 48.0 Å². The van der Waals surface area contributed by atoms with Crippen LogP contribution in [0.1, 0.15) is 109 Å². The van der Waals surface area contributed by atoms with Gasteiger partial charge in [0.1, 0.15) is 69.7 Å². The van der Waals surface area contributed by atoms with Crippen molar-refractivity contribution in [2.75, 3.05) is 58.9 Å². The monoisotopic (exact) mass is 1650 g/mol. The van der Waals surface area contributed by atoms with Crippen LogP contribution >= 0.6 is 11.6 Å². The van der Waals surface area contributed by atoms with Crippen LogP contribution in [0.15, 0.2) is 219 Å². The normalized spacial score (nSPS) is 15.7. The largest absolute Gasteiger partial charge is 0.508 e. The Bertz CT molecular complexity index is 5490. The minimum Gasteiger partial charge on any atom is -0.508 e. The minimum absolute atomic E-state index is 0.117. The van der Waals surface area contributed by atoms with Gasteiger partial charge < -0.3 is 31.1 Å². The van der Waals surface area contributed by atoms with Crippen molar-refractivity contribution in [1.29, 1.82) is 0 Å². The molecule has 0 amide bonds. The van der Waals surface area contributed by atoms with E-state index in [2.05, 4.69) is 106 Å². The van der Waals surface area contributed by atoms with Gasteiger partial charge in [0.15, 0.2) is 0 Å². The van der Waals surface area contributed by atoms with Gasteiger partial charge >= 0.3 is 0 Å². The molecule has 8 aromatic carbocycles. The van der Waals surface area contributed by atoms with Crippen LogP contribution in [0.4, 0.5) is 26.3 Å². The number of piperazine rings is 3. The van der Waals surface area contributed by atoms with Crippen LogP contribution in [-0.2, 0) is 71.0 Å². The molecule has 17 nitrogen and oxygen atoms in total.